The molecule has 1 N–H and O–H groups in total. The highest BCUT2D eigenvalue weighted by molar-refractivity contribution is 7.99. The van der Waals surface area contributed by atoms with Crippen molar-refractivity contribution in [2.45, 2.75) is 44.1 Å². The van der Waals surface area contributed by atoms with Gasteiger partial charge in [-0.15, -0.1) is 11.8 Å². The molecule has 3 nitrogen and oxygen atoms in total. The van der Waals surface area contributed by atoms with Crippen molar-refractivity contribution in [1.29, 1.82) is 0 Å². The molecular formula is C19H27NO2S. The molecule has 0 spiro atoms. The van der Waals surface area contributed by atoms with Gasteiger partial charge in [0.25, 0.3) is 0 Å². The lowest BCUT2D eigenvalue weighted by Gasteiger charge is -2.29. The lowest BCUT2D eigenvalue weighted by Crippen LogP contribution is -2.41. The summed E-state index contributed by atoms with van der Waals surface area (Å²) in [5.41, 5.74) is 1.09. The minimum absolute atomic E-state index is 0.00858. The summed E-state index contributed by atoms with van der Waals surface area (Å²) in [6.07, 6.45) is 6.03. The van der Waals surface area contributed by atoms with Gasteiger partial charge >= 0.3 is 0 Å². The van der Waals surface area contributed by atoms with Crippen LogP contribution in [0, 0.1) is 5.92 Å². The van der Waals surface area contributed by atoms with Crippen LogP contribution in [0.15, 0.2) is 35.2 Å². The molecule has 4 heteroatoms. The van der Waals surface area contributed by atoms with Gasteiger partial charge in [-0.25, -0.2) is 0 Å². The molecule has 1 aromatic rings. The van der Waals surface area contributed by atoms with Crippen LogP contribution in [0.3, 0.4) is 0 Å². The van der Waals surface area contributed by atoms with Crippen LogP contribution >= 0.6 is 11.8 Å². The van der Waals surface area contributed by atoms with E-state index in [1.54, 1.807) is 11.0 Å². The third kappa shape index (κ3) is 6.04. The summed E-state index contributed by atoms with van der Waals surface area (Å²) in [6.45, 7) is 5.66. The van der Waals surface area contributed by atoms with Crippen molar-refractivity contribution in [1.82, 2.24) is 4.90 Å². The van der Waals surface area contributed by atoms with E-state index in [1.807, 2.05) is 36.0 Å². The minimum atomic E-state index is -0.375. The Morgan fingerprint density at radius 1 is 1.43 bits per heavy atom. The molecule has 0 aliphatic carbocycles. The summed E-state index contributed by atoms with van der Waals surface area (Å²) in [6, 6.07) is 8.20. The van der Waals surface area contributed by atoms with Gasteiger partial charge in [-0.05, 0) is 48.6 Å². The molecule has 126 valence electrons. The zero-order chi connectivity index (χ0) is 16.7. The van der Waals surface area contributed by atoms with Crippen molar-refractivity contribution in [3.8, 4) is 0 Å². The maximum absolute atomic E-state index is 12.3. The molecule has 1 aliphatic rings. The first kappa shape index (κ1) is 18.1. The van der Waals surface area contributed by atoms with Crippen LogP contribution in [0.1, 0.15) is 38.7 Å². The van der Waals surface area contributed by atoms with E-state index in [0.29, 0.717) is 12.5 Å². The number of carbonyl (C=O) groups excluding carboxylic acids is 1. The second kappa shape index (κ2) is 9.14. The van der Waals surface area contributed by atoms with E-state index in [4.69, 9.17) is 0 Å². The quantitative estimate of drug-likeness (QED) is 0.635. The van der Waals surface area contributed by atoms with Crippen molar-refractivity contribution >= 4 is 23.7 Å². The third-order valence-electron chi connectivity index (χ3n) is 3.99. The molecule has 0 saturated carbocycles. The van der Waals surface area contributed by atoms with Crippen molar-refractivity contribution in [3.63, 3.8) is 0 Å². The number of aliphatic hydroxyl groups is 1. The van der Waals surface area contributed by atoms with Crippen LogP contribution in [0.25, 0.3) is 6.08 Å². The first-order valence-corrected chi connectivity index (χ1v) is 9.41. The first-order valence-electron chi connectivity index (χ1n) is 8.43. The Morgan fingerprint density at radius 3 is 2.96 bits per heavy atom. The van der Waals surface area contributed by atoms with Gasteiger partial charge in [0, 0.05) is 24.1 Å². The van der Waals surface area contributed by atoms with Crippen LogP contribution in [-0.4, -0.2) is 40.9 Å². The molecule has 23 heavy (non-hydrogen) atoms. The van der Waals surface area contributed by atoms with E-state index in [9.17, 15) is 9.90 Å². The summed E-state index contributed by atoms with van der Waals surface area (Å²) in [5.74, 6) is 1.79. The number of hydrogen-bond donors (Lipinski definition) is 1. The Balaban J connectivity index is 1.97. The number of amides is 1. The predicted molar refractivity (Wildman–Crippen MR) is 97.5 cm³/mol. The molecule has 1 unspecified atom stereocenters. The normalized spacial score (nSPS) is 18.8. The van der Waals surface area contributed by atoms with Crippen molar-refractivity contribution in [3.05, 3.63) is 35.9 Å². The largest absolute Gasteiger partial charge is 0.391 e. The van der Waals surface area contributed by atoms with Crippen molar-refractivity contribution in [2.24, 2.45) is 5.92 Å². The Hall–Kier alpha value is -1.26. The summed E-state index contributed by atoms with van der Waals surface area (Å²) >= 11 is 1.85. The molecule has 1 aromatic carbocycles. The number of aliphatic hydroxyl groups excluding tert-OH is 1. The van der Waals surface area contributed by atoms with Crippen LogP contribution in [-0.2, 0) is 4.79 Å². The summed E-state index contributed by atoms with van der Waals surface area (Å²) in [4.78, 5) is 15.2. The zero-order valence-corrected chi connectivity index (χ0v) is 14.9. The van der Waals surface area contributed by atoms with Gasteiger partial charge in [0.15, 0.2) is 0 Å². The van der Waals surface area contributed by atoms with Gasteiger partial charge < -0.3 is 10.0 Å². The van der Waals surface area contributed by atoms with Crippen LogP contribution in [0.2, 0.25) is 0 Å². The second-order valence-corrected chi connectivity index (χ2v) is 7.62. The highest BCUT2D eigenvalue weighted by atomic mass is 32.2. The maximum atomic E-state index is 12.3. The average molecular weight is 333 g/mol. The summed E-state index contributed by atoms with van der Waals surface area (Å²) in [5, 5.41) is 9.68. The average Bonchev–Trinajstić information content (AvgIpc) is 2.53. The highest BCUT2D eigenvalue weighted by Crippen LogP contribution is 2.25. The summed E-state index contributed by atoms with van der Waals surface area (Å²) < 4.78 is 0. The van der Waals surface area contributed by atoms with E-state index >= 15 is 0 Å². The standard InChI is InChI=1S/C19H27NO2S/c1-15(2)11-13-23-18-8-4-3-6-16(18)9-10-19(22)20-12-5-7-17(21)14-20/h3-4,6,8-10,15,17,21H,5,7,11-14H2,1-2H3/b10-9+. The van der Waals surface area contributed by atoms with E-state index in [-0.39, 0.29) is 12.0 Å². The van der Waals surface area contributed by atoms with E-state index < -0.39 is 0 Å². The zero-order valence-electron chi connectivity index (χ0n) is 14.1. The molecule has 0 aromatic heterocycles. The number of rotatable bonds is 6. The van der Waals surface area contributed by atoms with Gasteiger partial charge in [0.1, 0.15) is 0 Å². The van der Waals surface area contributed by atoms with Crippen molar-refractivity contribution < 1.29 is 9.90 Å². The van der Waals surface area contributed by atoms with E-state index in [1.165, 1.54) is 11.3 Å². The summed E-state index contributed by atoms with van der Waals surface area (Å²) in [7, 11) is 0. The maximum Gasteiger partial charge on any atom is 0.246 e. The number of thioether (sulfide) groups is 1. The van der Waals surface area contributed by atoms with Gasteiger partial charge in [-0.2, -0.15) is 0 Å². The molecule has 2 rings (SSSR count). The third-order valence-corrected chi connectivity index (χ3v) is 5.11. The molecule has 1 aliphatic heterocycles. The number of piperidine rings is 1. The van der Waals surface area contributed by atoms with Gasteiger partial charge in [-0.1, -0.05) is 32.0 Å². The Bertz CT molecular complexity index is 542. The SMILES string of the molecule is CC(C)CCSc1ccccc1/C=C/C(=O)N1CCCC(O)C1. The fraction of sp³-hybridized carbons (Fsp3) is 0.526. The molecule has 0 bridgehead atoms. The second-order valence-electron chi connectivity index (χ2n) is 6.48. The van der Waals surface area contributed by atoms with Gasteiger partial charge in [0.2, 0.25) is 5.91 Å². The fourth-order valence-corrected chi connectivity index (χ4v) is 3.86. The molecular weight excluding hydrogens is 306 g/mol. The van der Waals surface area contributed by atoms with E-state index in [2.05, 4.69) is 19.9 Å². The predicted octanol–water partition coefficient (Wildman–Crippen LogP) is 3.82. The lowest BCUT2D eigenvalue weighted by molar-refractivity contribution is -0.128. The molecule has 1 fully saturated rings. The van der Waals surface area contributed by atoms with Crippen LogP contribution in [0.4, 0.5) is 0 Å². The van der Waals surface area contributed by atoms with Crippen LogP contribution in [0.5, 0.6) is 0 Å². The number of nitrogens with zero attached hydrogens (tertiary/aromatic N) is 1. The number of β-amino-alcohol motifs (C(OH)–C–C–N with tert-alkyl or cyclic N) is 1. The van der Waals surface area contributed by atoms with Gasteiger partial charge in [0.05, 0.1) is 6.10 Å². The molecule has 0 radical (unpaired) electrons. The number of benzene rings is 1. The lowest BCUT2D eigenvalue weighted by atomic mass is 10.1. The Labute approximate surface area is 143 Å². The van der Waals surface area contributed by atoms with Gasteiger partial charge in [-0.3, -0.25) is 4.79 Å². The minimum Gasteiger partial charge on any atom is -0.391 e. The molecule has 1 amide bonds. The number of carbonyl (C=O) groups is 1. The van der Waals surface area contributed by atoms with Crippen molar-refractivity contribution in [2.75, 3.05) is 18.8 Å². The smallest absolute Gasteiger partial charge is 0.246 e. The monoisotopic (exact) mass is 333 g/mol. The molecule has 1 heterocycles. The Morgan fingerprint density at radius 2 is 2.22 bits per heavy atom. The number of likely N-dealkylation sites (tertiary alicyclic amines) is 1. The van der Waals surface area contributed by atoms with Crippen LogP contribution < -0.4 is 0 Å². The molecule has 1 saturated heterocycles. The number of hydrogen-bond acceptors (Lipinski definition) is 3. The Kier molecular flexibility index (Phi) is 7.18. The van der Waals surface area contributed by atoms with E-state index in [0.717, 1.165) is 30.7 Å². The molecule has 1 atom stereocenters. The topological polar surface area (TPSA) is 40.5 Å². The fourth-order valence-electron chi connectivity index (χ4n) is 2.58. The first-order chi connectivity index (χ1) is 11.1. The highest BCUT2D eigenvalue weighted by Gasteiger charge is 2.20.